The highest BCUT2D eigenvalue weighted by atomic mass is 16.5. The van der Waals surface area contributed by atoms with Gasteiger partial charge in [-0.25, -0.2) is 0 Å². The average Bonchev–Trinajstić information content (AvgIpc) is 3.39. The van der Waals surface area contributed by atoms with E-state index >= 15 is 0 Å². The van der Waals surface area contributed by atoms with Gasteiger partial charge >= 0.3 is 0 Å². The van der Waals surface area contributed by atoms with Gasteiger partial charge in [-0.15, -0.1) is 0 Å². The molecule has 3 aliphatic rings. The van der Waals surface area contributed by atoms with Crippen molar-refractivity contribution in [1.82, 2.24) is 19.6 Å². The molecule has 1 fully saturated rings. The van der Waals surface area contributed by atoms with Crippen molar-refractivity contribution in [2.24, 2.45) is 0 Å². The molecule has 1 saturated heterocycles. The van der Waals surface area contributed by atoms with E-state index in [2.05, 4.69) is 0 Å². The molecule has 224 valence electrons. The van der Waals surface area contributed by atoms with Crippen LogP contribution in [0.2, 0.25) is 0 Å². The van der Waals surface area contributed by atoms with Crippen LogP contribution in [-0.2, 0) is 18.9 Å². The summed E-state index contributed by atoms with van der Waals surface area (Å²) in [5.74, 6) is -1.18. The highest BCUT2D eigenvalue weighted by Gasteiger charge is 2.37. The van der Waals surface area contributed by atoms with E-state index in [1.54, 1.807) is 48.5 Å². The lowest BCUT2D eigenvalue weighted by Gasteiger charge is -2.27. The summed E-state index contributed by atoms with van der Waals surface area (Å²) in [5.41, 5.74) is 1.70. The minimum absolute atomic E-state index is 0.148. The fourth-order valence-electron chi connectivity index (χ4n) is 5.06. The smallest absolute Gasteiger partial charge is 0.262 e. The molecule has 3 heterocycles. The minimum atomic E-state index is -0.296. The van der Waals surface area contributed by atoms with Gasteiger partial charge in [-0.3, -0.25) is 38.8 Å². The maximum Gasteiger partial charge on any atom is 0.262 e. The zero-order valence-corrected chi connectivity index (χ0v) is 23.6. The van der Waals surface area contributed by atoms with E-state index in [-0.39, 0.29) is 37.0 Å². The van der Waals surface area contributed by atoms with Gasteiger partial charge in [-0.05, 0) is 24.3 Å². The molecule has 0 saturated carbocycles. The third-order valence-electron chi connectivity index (χ3n) is 7.39. The predicted octanol–water partition coefficient (Wildman–Crippen LogP) is 1.18. The summed E-state index contributed by atoms with van der Waals surface area (Å²) in [4.78, 5) is 57.7. The minimum Gasteiger partial charge on any atom is -0.378 e. The Morgan fingerprint density at radius 2 is 0.690 bits per heavy atom. The Hall–Kier alpha value is -3.52. The third kappa shape index (κ3) is 7.09. The lowest BCUT2D eigenvalue weighted by atomic mass is 10.1. The molecule has 0 bridgehead atoms. The summed E-state index contributed by atoms with van der Waals surface area (Å²) < 4.78 is 23.0. The molecule has 12 nitrogen and oxygen atoms in total. The lowest BCUT2D eigenvalue weighted by Crippen LogP contribution is -2.44. The highest BCUT2D eigenvalue weighted by Crippen LogP contribution is 2.23. The molecular formula is C30H36N4O8. The second-order valence-electron chi connectivity index (χ2n) is 10.1. The van der Waals surface area contributed by atoms with Crippen LogP contribution in [-0.4, -0.2) is 136 Å². The number of fused-ring (bicyclic) bond motifs is 2. The predicted molar refractivity (Wildman–Crippen MR) is 150 cm³/mol. The number of imide groups is 2. The Labute approximate surface area is 244 Å². The molecule has 42 heavy (non-hydrogen) atoms. The first-order chi connectivity index (χ1) is 20.5. The standard InChI is InChI=1S/C30H36N4O8/c35-27-23-5-1-2-6-24(23)28(36)33(27)21-31-9-13-39-17-19-41-15-11-32(12-16-42-20-18-40-14-10-31)22-34-29(37)25-7-3-4-8-26(25)30(34)38/h1-8H,9-22H2. The Balaban J connectivity index is 1.10. The number of rotatable bonds is 4. The number of hydrogen-bond donors (Lipinski definition) is 0. The van der Waals surface area contributed by atoms with Crippen molar-refractivity contribution in [3.05, 3.63) is 70.8 Å². The van der Waals surface area contributed by atoms with Gasteiger partial charge in [0.1, 0.15) is 0 Å². The topological polar surface area (TPSA) is 118 Å². The fraction of sp³-hybridized carbons (Fsp3) is 0.467. The summed E-state index contributed by atoms with van der Waals surface area (Å²) in [6.45, 7) is 5.36. The molecule has 5 rings (SSSR count). The second kappa shape index (κ2) is 14.6. The number of benzene rings is 2. The Morgan fingerprint density at radius 3 is 0.952 bits per heavy atom. The van der Waals surface area contributed by atoms with Gasteiger partial charge in [0, 0.05) is 26.2 Å². The van der Waals surface area contributed by atoms with E-state index in [1.165, 1.54) is 9.80 Å². The van der Waals surface area contributed by atoms with Crippen molar-refractivity contribution in [3.63, 3.8) is 0 Å². The first-order valence-corrected chi connectivity index (χ1v) is 14.2. The Morgan fingerprint density at radius 1 is 0.429 bits per heavy atom. The van der Waals surface area contributed by atoms with Crippen molar-refractivity contribution >= 4 is 23.6 Å². The molecule has 0 N–H and O–H groups in total. The van der Waals surface area contributed by atoms with E-state index in [9.17, 15) is 19.2 Å². The van der Waals surface area contributed by atoms with Crippen LogP contribution in [0.5, 0.6) is 0 Å². The normalized spacial score (nSPS) is 20.9. The number of carbonyl (C=O) groups excluding carboxylic acids is 4. The van der Waals surface area contributed by atoms with Gasteiger partial charge in [0.25, 0.3) is 23.6 Å². The second-order valence-corrected chi connectivity index (χ2v) is 10.1. The van der Waals surface area contributed by atoms with E-state index in [1.807, 2.05) is 9.80 Å². The third-order valence-corrected chi connectivity index (χ3v) is 7.39. The number of hydrogen-bond acceptors (Lipinski definition) is 10. The van der Waals surface area contributed by atoms with Crippen LogP contribution in [0.4, 0.5) is 0 Å². The van der Waals surface area contributed by atoms with Crippen molar-refractivity contribution in [1.29, 1.82) is 0 Å². The molecule has 2 aromatic rings. The molecule has 3 aliphatic heterocycles. The first-order valence-electron chi connectivity index (χ1n) is 14.2. The monoisotopic (exact) mass is 580 g/mol. The molecule has 0 unspecified atom stereocenters. The van der Waals surface area contributed by atoms with E-state index in [4.69, 9.17) is 18.9 Å². The summed E-state index contributed by atoms with van der Waals surface area (Å²) in [6.07, 6.45) is 0. The highest BCUT2D eigenvalue weighted by molar-refractivity contribution is 6.22. The van der Waals surface area contributed by atoms with E-state index in [0.29, 0.717) is 101 Å². The summed E-state index contributed by atoms with van der Waals surface area (Å²) in [6, 6.07) is 13.7. The SMILES string of the molecule is O=C1c2ccccc2C(=O)N1CN1CCOCCOCCN(CN2C(=O)c3ccccc3C2=O)CCOCCOCC1. The van der Waals surface area contributed by atoms with Crippen LogP contribution < -0.4 is 0 Å². The van der Waals surface area contributed by atoms with Gasteiger partial charge in [0.05, 0.1) is 88.4 Å². The van der Waals surface area contributed by atoms with Crippen LogP contribution in [0.15, 0.2) is 48.5 Å². The Bertz CT molecular complexity index is 1100. The van der Waals surface area contributed by atoms with Crippen LogP contribution in [0.3, 0.4) is 0 Å². The molecule has 2 aromatic carbocycles. The zero-order valence-electron chi connectivity index (χ0n) is 23.6. The lowest BCUT2D eigenvalue weighted by molar-refractivity contribution is -0.00258. The molecule has 12 heteroatoms. The Kier molecular flexibility index (Phi) is 10.4. The zero-order chi connectivity index (χ0) is 29.3. The van der Waals surface area contributed by atoms with E-state index in [0.717, 1.165) is 0 Å². The molecule has 0 aromatic heterocycles. The van der Waals surface area contributed by atoms with Gasteiger partial charge in [0.15, 0.2) is 0 Å². The van der Waals surface area contributed by atoms with Gasteiger partial charge in [-0.2, -0.15) is 0 Å². The fourth-order valence-corrected chi connectivity index (χ4v) is 5.06. The quantitative estimate of drug-likeness (QED) is 0.488. The van der Waals surface area contributed by atoms with Crippen LogP contribution in [0.1, 0.15) is 41.4 Å². The van der Waals surface area contributed by atoms with Gasteiger partial charge in [-0.1, -0.05) is 24.3 Å². The van der Waals surface area contributed by atoms with Crippen molar-refractivity contribution in [3.8, 4) is 0 Å². The largest absolute Gasteiger partial charge is 0.378 e. The number of nitrogens with zero attached hydrogens (tertiary/aromatic N) is 4. The van der Waals surface area contributed by atoms with Crippen molar-refractivity contribution < 1.29 is 38.1 Å². The molecule has 0 aliphatic carbocycles. The van der Waals surface area contributed by atoms with E-state index < -0.39 is 0 Å². The molecule has 4 amide bonds. The van der Waals surface area contributed by atoms with Crippen LogP contribution >= 0.6 is 0 Å². The average molecular weight is 581 g/mol. The van der Waals surface area contributed by atoms with Crippen molar-refractivity contribution in [2.75, 3.05) is 92.4 Å². The van der Waals surface area contributed by atoms with Crippen LogP contribution in [0, 0.1) is 0 Å². The van der Waals surface area contributed by atoms with Gasteiger partial charge in [0.2, 0.25) is 0 Å². The maximum atomic E-state index is 12.8. The summed E-state index contributed by atoms with van der Waals surface area (Å²) in [5, 5.41) is 0. The maximum absolute atomic E-state index is 12.8. The molecule has 0 radical (unpaired) electrons. The van der Waals surface area contributed by atoms with Gasteiger partial charge < -0.3 is 18.9 Å². The summed E-state index contributed by atoms with van der Waals surface area (Å²) in [7, 11) is 0. The number of amides is 4. The first kappa shape index (κ1) is 30.0. The molecule has 0 atom stereocenters. The molecular weight excluding hydrogens is 544 g/mol. The molecule has 0 spiro atoms. The number of ether oxygens (including phenoxy) is 4. The van der Waals surface area contributed by atoms with Crippen molar-refractivity contribution in [2.45, 2.75) is 0 Å². The summed E-state index contributed by atoms with van der Waals surface area (Å²) >= 11 is 0. The van der Waals surface area contributed by atoms with Crippen LogP contribution in [0.25, 0.3) is 0 Å². The number of carbonyl (C=O) groups is 4.